The zero-order chi connectivity index (χ0) is 17.3. The van der Waals surface area contributed by atoms with E-state index in [1.54, 1.807) is 12.0 Å². The molecule has 1 heterocycles. The molecule has 1 aliphatic heterocycles. The van der Waals surface area contributed by atoms with E-state index in [9.17, 15) is 14.7 Å². The fraction of sp³-hybridized carbons (Fsp3) is 0.579. The number of aryl methyl sites for hydroxylation is 1. The minimum absolute atomic E-state index is 0. The zero-order valence-electron chi connectivity index (χ0n) is 14.8. The van der Waals surface area contributed by atoms with Crippen LogP contribution in [0.5, 0.6) is 5.75 Å². The molecule has 1 unspecified atom stereocenters. The third kappa shape index (κ3) is 3.47. The number of carboxylic acids is 1. The molecule has 0 spiro atoms. The molecule has 1 saturated heterocycles. The fourth-order valence-electron chi connectivity index (χ4n) is 4.17. The third-order valence-corrected chi connectivity index (χ3v) is 5.65. The van der Waals surface area contributed by atoms with Crippen molar-refractivity contribution >= 4 is 24.3 Å². The number of hydrogen-bond donors (Lipinski definition) is 1. The summed E-state index contributed by atoms with van der Waals surface area (Å²) >= 11 is 0. The van der Waals surface area contributed by atoms with E-state index in [0.29, 0.717) is 19.5 Å². The summed E-state index contributed by atoms with van der Waals surface area (Å²) in [6, 6.07) is 6.03. The maximum absolute atomic E-state index is 13.3. The van der Waals surface area contributed by atoms with Crippen LogP contribution >= 0.6 is 12.4 Å². The number of aliphatic carboxylic acids is 1. The van der Waals surface area contributed by atoms with Gasteiger partial charge in [0, 0.05) is 13.1 Å². The first-order chi connectivity index (χ1) is 11.5. The first-order valence-electron chi connectivity index (χ1n) is 8.65. The van der Waals surface area contributed by atoms with E-state index in [1.807, 2.05) is 25.1 Å². The number of amides is 1. The van der Waals surface area contributed by atoms with Crippen molar-refractivity contribution in [1.29, 1.82) is 0 Å². The van der Waals surface area contributed by atoms with Crippen LogP contribution in [0.25, 0.3) is 0 Å². The second-order valence-corrected chi connectivity index (χ2v) is 7.05. The second-order valence-electron chi connectivity index (χ2n) is 7.05. The first-order valence-corrected chi connectivity index (χ1v) is 8.65. The quantitative estimate of drug-likeness (QED) is 0.887. The van der Waals surface area contributed by atoms with Crippen LogP contribution in [0.15, 0.2) is 18.2 Å². The molecular formula is C19H26ClNO4. The molecule has 1 aliphatic carbocycles. The number of methoxy groups -OCH3 is 1. The number of carboxylic acid groups (broad SMARTS) is 1. The minimum Gasteiger partial charge on any atom is -0.496 e. The molecular weight excluding hydrogens is 342 g/mol. The fourth-order valence-corrected chi connectivity index (χ4v) is 4.17. The SMILES string of the molecule is COc1cc(C2(C(=O)N3CCC(C(=O)O)C3)CCCC2)ccc1C.Cl. The first kappa shape index (κ1) is 19.6. The Balaban J connectivity index is 0.00000225. The highest BCUT2D eigenvalue weighted by atomic mass is 35.5. The summed E-state index contributed by atoms with van der Waals surface area (Å²) in [5, 5.41) is 9.20. The predicted molar refractivity (Wildman–Crippen MR) is 97.4 cm³/mol. The largest absolute Gasteiger partial charge is 0.496 e. The highest BCUT2D eigenvalue weighted by Crippen LogP contribution is 2.44. The Labute approximate surface area is 154 Å². The topological polar surface area (TPSA) is 66.8 Å². The number of rotatable bonds is 4. The Kier molecular flexibility index (Phi) is 5.99. The summed E-state index contributed by atoms with van der Waals surface area (Å²) < 4.78 is 5.44. The van der Waals surface area contributed by atoms with Gasteiger partial charge < -0.3 is 14.7 Å². The molecule has 3 rings (SSSR count). The number of benzene rings is 1. The lowest BCUT2D eigenvalue weighted by Crippen LogP contribution is -2.44. The van der Waals surface area contributed by atoms with Gasteiger partial charge in [0.05, 0.1) is 18.4 Å². The molecule has 1 N–H and O–H groups in total. The molecule has 1 atom stereocenters. The molecule has 5 nitrogen and oxygen atoms in total. The molecule has 2 fully saturated rings. The molecule has 0 bridgehead atoms. The van der Waals surface area contributed by atoms with Gasteiger partial charge in [0.15, 0.2) is 0 Å². The average molecular weight is 368 g/mol. The van der Waals surface area contributed by atoms with Crippen LogP contribution < -0.4 is 4.74 Å². The molecule has 25 heavy (non-hydrogen) atoms. The van der Waals surface area contributed by atoms with Crippen LogP contribution in [0.1, 0.15) is 43.2 Å². The van der Waals surface area contributed by atoms with Gasteiger partial charge in [-0.15, -0.1) is 12.4 Å². The second kappa shape index (κ2) is 7.65. The van der Waals surface area contributed by atoms with Crippen molar-refractivity contribution in [3.05, 3.63) is 29.3 Å². The number of carbonyl (C=O) groups is 2. The van der Waals surface area contributed by atoms with Crippen LogP contribution in [0.2, 0.25) is 0 Å². The van der Waals surface area contributed by atoms with Crippen molar-refractivity contribution in [1.82, 2.24) is 4.90 Å². The van der Waals surface area contributed by atoms with Crippen molar-refractivity contribution < 1.29 is 19.4 Å². The van der Waals surface area contributed by atoms with Gasteiger partial charge in [0.2, 0.25) is 5.91 Å². The summed E-state index contributed by atoms with van der Waals surface area (Å²) in [4.78, 5) is 26.3. The monoisotopic (exact) mass is 367 g/mol. The summed E-state index contributed by atoms with van der Waals surface area (Å²) in [7, 11) is 1.65. The van der Waals surface area contributed by atoms with Gasteiger partial charge in [-0.25, -0.2) is 0 Å². The molecule has 2 aliphatic rings. The number of halogens is 1. The lowest BCUT2D eigenvalue weighted by Gasteiger charge is -2.33. The Morgan fingerprint density at radius 1 is 1.28 bits per heavy atom. The van der Waals surface area contributed by atoms with Crippen molar-refractivity contribution in [2.24, 2.45) is 5.92 Å². The van der Waals surface area contributed by atoms with Crippen molar-refractivity contribution in [2.45, 2.75) is 44.4 Å². The molecule has 0 radical (unpaired) electrons. The van der Waals surface area contributed by atoms with Crippen molar-refractivity contribution in [2.75, 3.05) is 20.2 Å². The van der Waals surface area contributed by atoms with Gasteiger partial charge in [-0.2, -0.15) is 0 Å². The van der Waals surface area contributed by atoms with Gasteiger partial charge in [0.1, 0.15) is 5.75 Å². The molecule has 1 saturated carbocycles. The number of likely N-dealkylation sites (tertiary alicyclic amines) is 1. The number of nitrogens with zero attached hydrogens (tertiary/aromatic N) is 1. The molecule has 0 aromatic heterocycles. The van der Waals surface area contributed by atoms with Gasteiger partial charge in [-0.1, -0.05) is 25.0 Å². The lowest BCUT2D eigenvalue weighted by molar-refractivity contribution is -0.142. The van der Waals surface area contributed by atoms with Crippen LogP contribution in [0.4, 0.5) is 0 Å². The summed E-state index contributed by atoms with van der Waals surface area (Å²) in [6.45, 7) is 2.86. The molecule has 1 aromatic rings. The molecule has 1 amide bonds. The van der Waals surface area contributed by atoms with Gasteiger partial charge in [-0.3, -0.25) is 9.59 Å². The standard InChI is InChI=1S/C19H25NO4.ClH/c1-13-5-6-15(11-16(13)24-2)19(8-3-4-9-19)18(23)20-10-7-14(12-20)17(21)22;/h5-6,11,14H,3-4,7-10,12H2,1-2H3,(H,21,22);1H. The smallest absolute Gasteiger partial charge is 0.308 e. The Bertz CT molecular complexity index is 655. The van der Waals surface area contributed by atoms with E-state index in [1.165, 1.54) is 0 Å². The summed E-state index contributed by atoms with van der Waals surface area (Å²) in [6.07, 6.45) is 4.25. The Morgan fingerprint density at radius 2 is 1.96 bits per heavy atom. The average Bonchev–Trinajstić information content (AvgIpc) is 3.25. The lowest BCUT2D eigenvalue weighted by atomic mass is 9.77. The van der Waals surface area contributed by atoms with E-state index in [-0.39, 0.29) is 18.3 Å². The van der Waals surface area contributed by atoms with E-state index in [0.717, 1.165) is 42.6 Å². The van der Waals surface area contributed by atoms with Gasteiger partial charge >= 0.3 is 5.97 Å². The van der Waals surface area contributed by atoms with E-state index in [2.05, 4.69) is 0 Å². The minimum atomic E-state index is -0.803. The predicted octanol–water partition coefficient (Wildman–Crippen LogP) is 3.17. The zero-order valence-corrected chi connectivity index (χ0v) is 15.6. The Morgan fingerprint density at radius 3 is 2.52 bits per heavy atom. The van der Waals surface area contributed by atoms with Gasteiger partial charge in [0.25, 0.3) is 0 Å². The molecule has 138 valence electrons. The highest BCUT2D eigenvalue weighted by molar-refractivity contribution is 5.89. The number of carbonyl (C=O) groups excluding carboxylic acids is 1. The summed E-state index contributed by atoms with van der Waals surface area (Å²) in [5.41, 5.74) is 1.54. The van der Waals surface area contributed by atoms with E-state index in [4.69, 9.17) is 4.74 Å². The Hall–Kier alpha value is -1.75. The number of hydrogen-bond acceptors (Lipinski definition) is 3. The maximum atomic E-state index is 13.3. The van der Waals surface area contributed by atoms with Gasteiger partial charge in [-0.05, 0) is 43.4 Å². The number of ether oxygens (including phenoxy) is 1. The third-order valence-electron chi connectivity index (χ3n) is 5.65. The van der Waals surface area contributed by atoms with Crippen LogP contribution in [0.3, 0.4) is 0 Å². The van der Waals surface area contributed by atoms with Crippen molar-refractivity contribution in [3.8, 4) is 5.75 Å². The van der Waals surface area contributed by atoms with E-state index < -0.39 is 17.3 Å². The summed E-state index contributed by atoms with van der Waals surface area (Å²) in [5.74, 6) is -0.339. The highest BCUT2D eigenvalue weighted by Gasteiger charge is 2.47. The van der Waals surface area contributed by atoms with Crippen LogP contribution in [0, 0.1) is 12.8 Å². The maximum Gasteiger partial charge on any atom is 0.308 e. The van der Waals surface area contributed by atoms with Crippen LogP contribution in [-0.2, 0) is 15.0 Å². The van der Waals surface area contributed by atoms with Crippen LogP contribution in [-0.4, -0.2) is 42.1 Å². The normalized spacial score (nSPS) is 21.7. The molecule has 6 heteroatoms. The molecule has 1 aromatic carbocycles. The van der Waals surface area contributed by atoms with E-state index >= 15 is 0 Å². The van der Waals surface area contributed by atoms with Crippen molar-refractivity contribution in [3.63, 3.8) is 0 Å².